The first kappa shape index (κ1) is 12.2. The molecule has 0 aliphatic carbocycles. The predicted molar refractivity (Wildman–Crippen MR) is 73.4 cm³/mol. The second-order valence-electron chi connectivity index (χ2n) is 4.32. The first-order chi connectivity index (χ1) is 8.09. The minimum atomic E-state index is -0.0906. The van der Waals surface area contributed by atoms with Crippen molar-refractivity contribution in [3.63, 3.8) is 0 Å². The first-order valence-electron chi connectivity index (χ1n) is 5.67. The van der Waals surface area contributed by atoms with Gasteiger partial charge in [-0.3, -0.25) is 0 Å². The molecule has 0 fully saturated rings. The summed E-state index contributed by atoms with van der Waals surface area (Å²) in [5, 5.41) is 0.738. The molecule has 88 valence electrons. The third kappa shape index (κ3) is 2.51. The molecule has 1 nitrogen and oxygen atoms in total. The summed E-state index contributed by atoms with van der Waals surface area (Å²) in [6.45, 7) is 4.22. The smallest absolute Gasteiger partial charge is 0.0554 e. The number of rotatable bonds is 2. The summed E-state index contributed by atoms with van der Waals surface area (Å²) in [5.41, 5.74) is 11.1. The molecule has 2 aromatic rings. The molecule has 0 saturated heterocycles. The molecule has 0 aromatic heterocycles. The van der Waals surface area contributed by atoms with E-state index in [0.29, 0.717) is 0 Å². The fourth-order valence-electron chi connectivity index (χ4n) is 1.96. The van der Waals surface area contributed by atoms with Gasteiger partial charge in [-0.05, 0) is 48.2 Å². The van der Waals surface area contributed by atoms with Crippen LogP contribution < -0.4 is 5.73 Å². The minimum Gasteiger partial charge on any atom is -0.320 e. The monoisotopic (exact) mass is 245 g/mol. The van der Waals surface area contributed by atoms with Crippen LogP contribution in [0.2, 0.25) is 5.02 Å². The second kappa shape index (κ2) is 4.91. The molecule has 0 radical (unpaired) electrons. The van der Waals surface area contributed by atoms with Gasteiger partial charge < -0.3 is 5.73 Å². The number of aryl methyl sites for hydroxylation is 1. The zero-order valence-electron chi connectivity index (χ0n) is 10.1. The van der Waals surface area contributed by atoms with Gasteiger partial charge in [0.25, 0.3) is 0 Å². The lowest BCUT2D eigenvalue weighted by molar-refractivity contribution is 0.859. The number of benzene rings is 2. The Bertz CT molecular complexity index is 517. The summed E-state index contributed by atoms with van der Waals surface area (Å²) in [4.78, 5) is 0. The fraction of sp³-hybridized carbons (Fsp3) is 0.200. The molecule has 0 bridgehead atoms. The molecule has 0 saturated carbocycles. The van der Waals surface area contributed by atoms with Gasteiger partial charge in [0, 0.05) is 5.02 Å². The van der Waals surface area contributed by atoms with Gasteiger partial charge in [0.15, 0.2) is 0 Å². The van der Waals surface area contributed by atoms with E-state index in [1.165, 1.54) is 16.7 Å². The third-order valence-electron chi connectivity index (χ3n) is 3.21. The van der Waals surface area contributed by atoms with E-state index in [1.807, 2.05) is 30.3 Å². The summed E-state index contributed by atoms with van der Waals surface area (Å²) in [6.07, 6.45) is 0. The van der Waals surface area contributed by atoms with Crippen LogP contribution >= 0.6 is 11.6 Å². The zero-order valence-corrected chi connectivity index (χ0v) is 10.8. The van der Waals surface area contributed by atoms with Gasteiger partial charge in [0.1, 0.15) is 0 Å². The average Bonchev–Trinajstić information content (AvgIpc) is 2.33. The second-order valence-corrected chi connectivity index (χ2v) is 4.75. The summed E-state index contributed by atoms with van der Waals surface area (Å²) < 4.78 is 0. The Morgan fingerprint density at radius 1 is 1.00 bits per heavy atom. The van der Waals surface area contributed by atoms with E-state index in [-0.39, 0.29) is 6.04 Å². The molecule has 0 aliphatic rings. The minimum absolute atomic E-state index is 0.0906. The lowest BCUT2D eigenvalue weighted by atomic mass is 9.93. The van der Waals surface area contributed by atoms with Crippen LogP contribution in [-0.2, 0) is 0 Å². The quantitative estimate of drug-likeness (QED) is 0.850. The van der Waals surface area contributed by atoms with Crippen LogP contribution in [0.4, 0.5) is 0 Å². The van der Waals surface area contributed by atoms with E-state index in [0.717, 1.165) is 10.6 Å². The Morgan fingerprint density at radius 2 is 1.65 bits per heavy atom. The van der Waals surface area contributed by atoms with Crippen LogP contribution in [0.25, 0.3) is 0 Å². The molecule has 2 rings (SSSR count). The molecule has 0 aliphatic heterocycles. The van der Waals surface area contributed by atoms with Crippen molar-refractivity contribution in [2.75, 3.05) is 0 Å². The maximum atomic E-state index is 6.29. The van der Waals surface area contributed by atoms with Crippen molar-refractivity contribution < 1.29 is 0 Å². The number of halogens is 1. The molecule has 1 unspecified atom stereocenters. The summed E-state index contributed by atoms with van der Waals surface area (Å²) in [6, 6.07) is 13.9. The molecule has 0 heterocycles. The molecule has 0 spiro atoms. The van der Waals surface area contributed by atoms with Crippen LogP contribution in [0.3, 0.4) is 0 Å². The number of hydrogen-bond acceptors (Lipinski definition) is 1. The van der Waals surface area contributed by atoms with Crippen LogP contribution in [-0.4, -0.2) is 0 Å². The highest BCUT2D eigenvalue weighted by molar-refractivity contribution is 6.30. The molecule has 2 N–H and O–H groups in total. The first-order valence-corrected chi connectivity index (χ1v) is 6.04. The lowest BCUT2D eigenvalue weighted by Gasteiger charge is -2.16. The zero-order chi connectivity index (χ0) is 12.4. The highest BCUT2D eigenvalue weighted by Crippen LogP contribution is 2.25. The van der Waals surface area contributed by atoms with Crippen LogP contribution in [0.15, 0.2) is 42.5 Å². The van der Waals surface area contributed by atoms with Crippen molar-refractivity contribution >= 4 is 11.6 Å². The van der Waals surface area contributed by atoms with Crippen molar-refractivity contribution in [1.29, 1.82) is 0 Å². The maximum absolute atomic E-state index is 6.29. The van der Waals surface area contributed by atoms with Gasteiger partial charge in [-0.2, -0.15) is 0 Å². The van der Waals surface area contributed by atoms with Crippen molar-refractivity contribution in [3.8, 4) is 0 Å². The predicted octanol–water partition coefficient (Wildman–Crippen LogP) is 4.00. The van der Waals surface area contributed by atoms with E-state index in [1.54, 1.807) is 0 Å². The van der Waals surface area contributed by atoms with Gasteiger partial charge >= 0.3 is 0 Å². The summed E-state index contributed by atoms with van der Waals surface area (Å²) >= 11 is 5.88. The van der Waals surface area contributed by atoms with E-state index >= 15 is 0 Å². The van der Waals surface area contributed by atoms with Crippen molar-refractivity contribution in [1.82, 2.24) is 0 Å². The highest BCUT2D eigenvalue weighted by Gasteiger charge is 2.11. The van der Waals surface area contributed by atoms with Gasteiger partial charge in [-0.1, -0.05) is 41.9 Å². The van der Waals surface area contributed by atoms with Crippen LogP contribution in [0.5, 0.6) is 0 Å². The molecule has 0 amide bonds. The van der Waals surface area contributed by atoms with Crippen LogP contribution in [0.1, 0.15) is 28.3 Å². The Labute approximate surface area is 107 Å². The maximum Gasteiger partial charge on any atom is 0.0554 e. The van der Waals surface area contributed by atoms with E-state index in [2.05, 4.69) is 26.0 Å². The number of hydrogen-bond donors (Lipinski definition) is 1. The van der Waals surface area contributed by atoms with Gasteiger partial charge in [-0.15, -0.1) is 0 Å². The molecule has 17 heavy (non-hydrogen) atoms. The van der Waals surface area contributed by atoms with Crippen molar-refractivity contribution in [2.45, 2.75) is 19.9 Å². The molecule has 2 aromatic carbocycles. The van der Waals surface area contributed by atoms with Gasteiger partial charge in [0.2, 0.25) is 0 Å². The summed E-state index contributed by atoms with van der Waals surface area (Å²) in [7, 11) is 0. The summed E-state index contributed by atoms with van der Waals surface area (Å²) in [5.74, 6) is 0. The Balaban J connectivity index is 2.40. The van der Waals surface area contributed by atoms with Gasteiger partial charge in [0.05, 0.1) is 6.04 Å². The Morgan fingerprint density at radius 3 is 2.29 bits per heavy atom. The molecular formula is C15H16ClN. The topological polar surface area (TPSA) is 26.0 Å². The fourth-order valence-corrected chi connectivity index (χ4v) is 2.09. The van der Waals surface area contributed by atoms with Crippen molar-refractivity contribution in [2.24, 2.45) is 5.73 Å². The Kier molecular flexibility index (Phi) is 3.51. The highest BCUT2D eigenvalue weighted by atomic mass is 35.5. The van der Waals surface area contributed by atoms with E-state index in [9.17, 15) is 0 Å². The number of nitrogens with two attached hydrogens (primary N) is 1. The third-order valence-corrected chi connectivity index (χ3v) is 3.46. The Hall–Kier alpha value is -1.31. The molecule has 2 heteroatoms. The normalized spacial score (nSPS) is 12.5. The van der Waals surface area contributed by atoms with E-state index in [4.69, 9.17) is 17.3 Å². The SMILES string of the molecule is Cc1cccc(C(N)c2ccc(Cl)cc2)c1C. The largest absolute Gasteiger partial charge is 0.320 e. The van der Waals surface area contributed by atoms with Gasteiger partial charge in [-0.25, -0.2) is 0 Å². The van der Waals surface area contributed by atoms with Crippen LogP contribution in [0, 0.1) is 13.8 Å². The average molecular weight is 246 g/mol. The van der Waals surface area contributed by atoms with E-state index < -0.39 is 0 Å². The standard InChI is InChI=1S/C15H16ClN/c1-10-4-3-5-14(11(10)2)15(17)12-6-8-13(16)9-7-12/h3-9,15H,17H2,1-2H3. The molecular weight excluding hydrogens is 230 g/mol. The molecule has 1 atom stereocenters. The lowest BCUT2D eigenvalue weighted by Crippen LogP contribution is -2.13. The van der Waals surface area contributed by atoms with Crippen molar-refractivity contribution in [3.05, 3.63) is 69.7 Å².